The smallest absolute Gasteiger partial charge is 0.544 e. The van der Waals surface area contributed by atoms with Gasteiger partial charge in [-0.1, -0.05) is 0 Å². The third-order valence-corrected chi connectivity index (χ3v) is 3.46. The molecule has 1 fully saturated rings. The van der Waals surface area contributed by atoms with E-state index < -0.39 is 5.97 Å². The van der Waals surface area contributed by atoms with Crippen molar-refractivity contribution >= 4 is 23.2 Å². The molecule has 0 aliphatic carbocycles. The Morgan fingerprint density at radius 2 is 1.75 bits per heavy atom. The maximum atomic E-state index is 11.8. The van der Waals surface area contributed by atoms with Crippen LogP contribution in [-0.2, 0) is 0 Å². The van der Waals surface area contributed by atoms with Gasteiger partial charge in [0.15, 0.2) is 0 Å². The van der Waals surface area contributed by atoms with Gasteiger partial charge in [-0.15, -0.1) is 11.3 Å². The van der Waals surface area contributed by atoms with Gasteiger partial charge in [0.1, 0.15) is 0 Å². The molecule has 1 aliphatic rings. The number of thiophene rings is 1. The second-order valence-electron chi connectivity index (χ2n) is 3.45. The van der Waals surface area contributed by atoms with Crippen molar-refractivity contribution in [3.05, 3.63) is 21.9 Å². The molecule has 0 atom stereocenters. The molecule has 4 nitrogen and oxygen atoms in total. The van der Waals surface area contributed by atoms with Gasteiger partial charge in [-0.05, 0) is 25.0 Å². The van der Waals surface area contributed by atoms with Gasteiger partial charge < -0.3 is 14.8 Å². The van der Waals surface area contributed by atoms with Gasteiger partial charge in [-0.3, -0.25) is 4.79 Å². The van der Waals surface area contributed by atoms with Gasteiger partial charge in [0, 0.05) is 13.1 Å². The maximum absolute atomic E-state index is 11.8. The summed E-state index contributed by atoms with van der Waals surface area (Å²) in [6, 6.07) is 2.97. The van der Waals surface area contributed by atoms with Crippen LogP contribution in [0.3, 0.4) is 0 Å². The summed E-state index contributed by atoms with van der Waals surface area (Å²) >= 11 is 0.983. The van der Waals surface area contributed by atoms with Crippen molar-refractivity contribution in [1.82, 2.24) is 4.90 Å². The van der Waals surface area contributed by atoms with E-state index >= 15 is 0 Å². The Morgan fingerprint density at radius 3 is 2.25 bits per heavy atom. The van der Waals surface area contributed by atoms with Crippen LogP contribution in [0.2, 0.25) is 0 Å². The number of likely N-dealkylation sites (tertiary alicyclic amines) is 1. The summed E-state index contributed by atoms with van der Waals surface area (Å²) in [7, 11) is 0. The number of rotatable bonds is 2. The number of hydrogen-bond acceptors (Lipinski definition) is 4. The van der Waals surface area contributed by atoms with Crippen molar-refractivity contribution < 1.29 is 66.1 Å². The zero-order valence-corrected chi connectivity index (χ0v) is 13.0. The Bertz CT molecular complexity index is 399. The average Bonchev–Trinajstić information content (AvgIpc) is 2.88. The molecule has 0 unspecified atom stereocenters. The third kappa shape index (κ3) is 3.15. The molecule has 0 radical (unpaired) electrons. The van der Waals surface area contributed by atoms with Crippen LogP contribution in [-0.4, -0.2) is 29.9 Å². The summed E-state index contributed by atoms with van der Waals surface area (Å²) in [5.74, 6) is -1.29. The van der Waals surface area contributed by atoms with Crippen molar-refractivity contribution in [2.75, 3.05) is 13.1 Å². The molecule has 2 heterocycles. The van der Waals surface area contributed by atoms with E-state index in [4.69, 9.17) is 0 Å². The number of carbonyl (C=O) groups is 2. The maximum Gasteiger partial charge on any atom is 1.00 e. The van der Waals surface area contributed by atoms with Gasteiger partial charge in [0.25, 0.3) is 5.91 Å². The second kappa shape index (κ2) is 6.27. The van der Waals surface area contributed by atoms with Crippen molar-refractivity contribution in [2.45, 2.75) is 12.8 Å². The monoisotopic (exact) mass is 263 g/mol. The quantitative estimate of drug-likeness (QED) is 0.548. The molecular weight excluding hydrogens is 253 g/mol. The van der Waals surface area contributed by atoms with Crippen LogP contribution in [0.15, 0.2) is 12.1 Å². The van der Waals surface area contributed by atoms with E-state index in [1.165, 1.54) is 6.07 Å². The summed E-state index contributed by atoms with van der Waals surface area (Å²) in [5, 5.41) is 10.5. The Balaban J connectivity index is 0.00000128. The molecule has 1 amide bonds. The molecule has 1 saturated heterocycles. The van der Waals surface area contributed by atoms with Crippen LogP contribution in [0.4, 0.5) is 0 Å². The molecule has 80 valence electrons. The standard InChI is InChI=1S/C10H11NO3S.K/c12-9(11-5-1-2-6-11)7-3-4-8(15-7)10(13)14;/h3-4H,1-2,5-6H2,(H,13,14);/q;+1/p-1. The zero-order valence-electron chi connectivity index (χ0n) is 9.06. The molecule has 0 N–H and O–H groups in total. The van der Waals surface area contributed by atoms with Crippen LogP contribution < -0.4 is 56.5 Å². The van der Waals surface area contributed by atoms with Crippen LogP contribution in [0.1, 0.15) is 32.2 Å². The molecule has 0 saturated carbocycles. The van der Waals surface area contributed by atoms with Gasteiger partial charge in [0.05, 0.1) is 15.7 Å². The minimum absolute atomic E-state index is 0. The molecule has 1 aromatic heterocycles. The zero-order chi connectivity index (χ0) is 10.8. The molecule has 0 aromatic carbocycles. The number of amides is 1. The predicted octanol–water partition coefficient (Wildman–Crippen LogP) is -2.65. The molecule has 0 spiro atoms. The van der Waals surface area contributed by atoms with Crippen LogP contribution >= 0.6 is 11.3 Å². The number of aromatic carboxylic acids is 1. The third-order valence-electron chi connectivity index (χ3n) is 2.41. The van der Waals surface area contributed by atoms with Crippen LogP contribution in [0, 0.1) is 0 Å². The number of nitrogens with zero attached hydrogens (tertiary/aromatic N) is 1. The summed E-state index contributed by atoms with van der Waals surface area (Å²) in [5.41, 5.74) is 0. The first-order valence-electron chi connectivity index (χ1n) is 4.79. The van der Waals surface area contributed by atoms with E-state index in [9.17, 15) is 14.7 Å². The molecule has 16 heavy (non-hydrogen) atoms. The van der Waals surface area contributed by atoms with Crippen molar-refractivity contribution in [3.63, 3.8) is 0 Å². The fourth-order valence-electron chi connectivity index (χ4n) is 1.64. The summed E-state index contributed by atoms with van der Waals surface area (Å²) in [6.07, 6.45) is 2.06. The van der Waals surface area contributed by atoms with Gasteiger partial charge in [-0.2, -0.15) is 0 Å². The van der Waals surface area contributed by atoms with Gasteiger partial charge >= 0.3 is 51.4 Å². The fraction of sp³-hybridized carbons (Fsp3) is 0.400. The molecule has 6 heteroatoms. The van der Waals surface area contributed by atoms with Gasteiger partial charge in [-0.25, -0.2) is 0 Å². The Kier molecular flexibility index (Phi) is 5.62. The topological polar surface area (TPSA) is 60.4 Å². The number of hydrogen-bond donors (Lipinski definition) is 0. The number of carboxylic acids is 1. The predicted molar refractivity (Wildman–Crippen MR) is 53.8 cm³/mol. The van der Waals surface area contributed by atoms with Crippen LogP contribution in [0.5, 0.6) is 0 Å². The van der Waals surface area contributed by atoms with Crippen molar-refractivity contribution in [1.29, 1.82) is 0 Å². The van der Waals surface area contributed by atoms with E-state index in [1.54, 1.807) is 11.0 Å². The normalized spacial score (nSPS) is 14.6. The first-order chi connectivity index (χ1) is 7.18. The Hall–Kier alpha value is 0.276. The average molecular weight is 263 g/mol. The molecular formula is C10H10KNO3S. The number of carboxylic acid groups (broad SMARTS) is 1. The summed E-state index contributed by atoms with van der Waals surface area (Å²) in [4.78, 5) is 24.7. The molecule has 1 aromatic rings. The second-order valence-corrected chi connectivity index (χ2v) is 4.53. The van der Waals surface area contributed by atoms with Crippen LogP contribution in [0.25, 0.3) is 0 Å². The van der Waals surface area contributed by atoms with Gasteiger partial charge in [0.2, 0.25) is 0 Å². The first kappa shape index (κ1) is 14.3. The van der Waals surface area contributed by atoms with E-state index in [-0.39, 0.29) is 62.2 Å². The number of carbonyl (C=O) groups excluding carboxylic acids is 2. The first-order valence-corrected chi connectivity index (χ1v) is 5.60. The summed E-state index contributed by atoms with van der Waals surface area (Å²) < 4.78 is 0. The van der Waals surface area contributed by atoms with E-state index in [2.05, 4.69) is 0 Å². The van der Waals surface area contributed by atoms with Crippen molar-refractivity contribution in [3.8, 4) is 0 Å². The molecule has 1 aliphatic heterocycles. The van der Waals surface area contributed by atoms with E-state index in [1.807, 2.05) is 0 Å². The Morgan fingerprint density at radius 1 is 1.19 bits per heavy atom. The van der Waals surface area contributed by atoms with E-state index in [0.29, 0.717) is 4.88 Å². The SMILES string of the molecule is O=C([O-])c1ccc(C(=O)N2CCCC2)s1.[K+]. The van der Waals surface area contributed by atoms with Crippen molar-refractivity contribution in [2.24, 2.45) is 0 Å². The fourth-order valence-corrected chi connectivity index (χ4v) is 2.45. The van der Waals surface area contributed by atoms with E-state index in [0.717, 1.165) is 37.3 Å². The largest absolute Gasteiger partial charge is 1.00 e. The Labute approximate surface area is 140 Å². The molecule has 2 rings (SSSR count). The minimum Gasteiger partial charge on any atom is -0.544 e. The minimum atomic E-state index is -1.22. The molecule has 0 bridgehead atoms. The summed E-state index contributed by atoms with van der Waals surface area (Å²) in [6.45, 7) is 1.55.